The summed E-state index contributed by atoms with van der Waals surface area (Å²) >= 11 is 1.78. The number of nitrogens with zero attached hydrogens (tertiary/aromatic N) is 1. The number of oxime groups is 1. The summed E-state index contributed by atoms with van der Waals surface area (Å²) in [7, 11) is 0. The highest BCUT2D eigenvalue weighted by atomic mass is 32.2. The van der Waals surface area contributed by atoms with Gasteiger partial charge in [-0.1, -0.05) is 65.8 Å². The van der Waals surface area contributed by atoms with Gasteiger partial charge in [0.15, 0.2) is 0 Å². The standard InChI is InChI=1S/C21H24N2O2S/c1-26-14-8-13-22-21(24)19-15-18(23-25-19)20(16-9-4-2-5-10-16)17-11-6-3-7-12-17/h2-7,9-12,19-20H,8,13-15H2,1H3,(H,22,24)/t19-/m0/s1. The second kappa shape index (κ2) is 9.43. The molecule has 1 atom stereocenters. The van der Waals surface area contributed by atoms with E-state index in [9.17, 15) is 4.79 Å². The van der Waals surface area contributed by atoms with E-state index in [1.165, 1.54) is 0 Å². The maximum atomic E-state index is 12.3. The third kappa shape index (κ3) is 4.67. The van der Waals surface area contributed by atoms with E-state index in [1.54, 1.807) is 11.8 Å². The number of nitrogens with one attached hydrogen (secondary N) is 1. The number of thioether (sulfide) groups is 1. The Morgan fingerprint density at radius 1 is 1.15 bits per heavy atom. The van der Waals surface area contributed by atoms with Gasteiger partial charge in [0.1, 0.15) is 0 Å². The van der Waals surface area contributed by atoms with Gasteiger partial charge in [0.2, 0.25) is 6.10 Å². The van der Waals surface area contributed by atoms with Crippen LogP contribution < -0.4 is 5.32 Å². The first kappa shape index (κ1) is 18.5. The molecule has 136 valence electrons. The molecule has 0 fully saturated rings. The van der Waals surface area contributed by atoms with Crippen molar-refractivity contribution in [3.63, 3.8) is 0 Å². The third-order valence-electron chi connectivity index (χ3n) is 4.41. The fourth-order valence-electron chi connectivity index (χ4n) is 3.12. The van der Waals surface area contributed by atoms with Gasteiger partial charge in [-0.05, 0) is 29.6 Å². The van der Waals surface area contributed by atoms with E-state index in [1.807, 2.05) is 36.4 Å². The third-order valence-corrected chi connectivity index (χ3v) is 5.10. The number of carbonyl (C=O) groups excluding carboxylic acids is 1. The van der Waals surface area contributed by atoms with Gasteiger partial charge < -0.3 is 10.2 Å². The number of benzene rings is 2. The van der Waals surface area contributed by atoms with Crippen LogP contribution in [0.4, 0.5) is 0 Å². The molecule has 0 spiro atoms. The summed E-state index contributed by atoms with van der Waals surface area (Å²) in [5, 5.41) is 7.24. The van der Waals surface area contributed by atoms with Crippen molar-refractivity contribution in [2.75, 3.05) is 18.6 Å². The smallest absolute Gasteiger partial charge is 0.264 e. The highest BCUT2D eigenvalue weighted by Gasteiger charge is 2.33. The number of hydrogen-bond acceptors (Lipinski definition) is 4. The lowest BCUT2D eigenvalue weighted by molar-refractivity contribution is -0.131. The Kier molecular flexibility index (Phi) is 6.72. The molecule has 1 N–H and O–H groups in total. The maximum absolute atomic E-state index is 12.3. The Morgan fingerprint density at radius 3 is 2.35 bits per heavy atom. The predicted molar refractivity (Wildman–Crippen MR) is 108 cm³/mol. The van der Waals surface area contributed by atoms with Crippen LogP contribution in [0.3, 0.4) is 0 Å². The highest BCUT2D eigenvalue weighted by Crippen LogP contribution is 2.31. The maximum Gasteiger partial charge on any atom is 0.264 e. The normalized spacial score (nSPS) is 16.2. The molecule has 4 nitrogen and oxygen atoms in total. The van der Waals surface area contributed by atoms with E-state index in [2.05, 4.69) is 41.0 Å². The van der Waals surface area contributed by atoms with Crippen molar-refractivity contribution in [3.8, 4) is 0 Å². The quantitative estimate of drug-likeness (QED) is 0.721. The number of carbonyl (C=O) groups is 1. The largest absolute Gasteiger partial charge is 0.382 e. The van der Waals surface area contributed by atoms with Gasteiger partial charge in [0.05, 0.1) is 11.6 Å². The van der Waals surface area contributed by atoms with Crippen molar-refractivity contribution >= 4 is 23.4 Å². The lowest BCUT2D eigenvalue weighted by Crippen LogP contribution is -2.35. The van der Waals surface area contributed by atoms with Gasteiger partial charge in [-0.15, -0.1) is 0 Å². The molecule has 1 amide bonds. The molecule has 26 heavy (non-hydrogen) atoms. The number of hydrogen-bond donors (Lipinski definition) is 1. The Balaban J connectivity index is 1.70. The molecular weight excluding hydrogens is 344 g/mol. The van der Waals surface area contributed by atoms with Crippen molar-refractivity contribution in [2.24, 2.45) is 5.16 Å². The van der Waals surface area contributed by atoms with E-state index in [-0.39, 0.29) is 11.8 Å². The molecule has 5 heteroatoms. The Hall–Kier alpha value is -2.27. The highest BCUT2D eigenvalue weighted by molar-refractivity contribution is 7.98. The minimum atomic E-state index is -0.533. The average Bonchev–Trinajstić information content (AvgIpc) is 3.17. The van der Waals surface area contributed by atoms with E-state index < -0.39 is 6.10 Å². The van der Waals surface area contributed by atoms with Gasteiger partial charge in [0, 0.05) is 13.0 Å². The van der Waals surface area contributed by atoms with Crippen LogP contribution in [-0.4, -0.2) is 36.3 Å². The van der Waals surface area contributed by atoms with E-state index in [4.69, 9.17) is 4.84 Å². The van der Waals surface area contributed by atoms with Crippen LogP contribution in [0.5, 0.6) is 0 Å². The Morgan fingerprint density at radius 2 is 1.77 bits per heavy atom. The molecule has 0 aromatic heterocycles. The molecule has 1 heterocycles. The van der Waals surface area contributed by atoms with E-state index >= 15 is 0 Å². The molecule has 2 aromatic carbocycles. The molecule has 0 bridgehead atoms. The first-order valence-corrected chi connectivity index (χ1v) is 10.3. The van der Waals surface area contributed by atoms with E-state index in [0.29, 0.717) is 13.0 Å². The molecule has 0 saturated heterocycles. The molecule has 0 aliphatic carbocycles. The van der Waals surface area contributed by atoms with Crippen LogP contribution in [0.2, 0.25) is 0 Å². The molecule has 3 rings (SSSR count). The molecule has 2 aromatic rings. The zero-order valence-electron chi connectivity index (χ0n) is 14.9. The molecule has 1 aliphatic rings. The lowest BCUT2D eigenvalue weighted by Gasteiger charge is -2.17. The van der Waals surface area contributed by atoms with Crippen LogP contribution in [-0.2, 0) is 9.63 Å². The molecule has 0 radical (unpaired) electrons. The summed E-state index contributed by atoms with van der Waals surface area (Å²) in [6.07, 6.45) is 3.01. The fraction of sp³-hybridized carbons (Fsp3) is 0.333. The minimum absolute atomic E-state index is 0.00620. The van der Waals surface area contributed by atoms with Crippen molar-refractivity contribution in [1.29, 1.82) is 0 Å². The van der Waals surface area contributed by atoms with Crippen molar-refractivity contribution in [2.45, 2.75) is 24.9 Å². The molecule has 0 unspecified atom stereocenters. The van der Waals surface area contributed by atoms with Crippen LogP contribution in [0.25, 0.3) is 0 Å². The summed E-state index contributed by atoms with van der Waals surface area (Å²) in [6.45, 7) is 0.676. The summed E-state index contributed by atoms with van der Waals surface area (Å²) in [5.41, 5.74) is 3.20. The second-order valence-corrected chi connectivity index (χ2v) is 7.26. The molecular formula is C21H24N2O2S. The van der Waals surface area contributed by atoms with Gasteiger partial charge >= 0.3 is 0 Å². The first-order chi connectivity index (χ1) is 12.8. The van der Waals surface area contributed by atoms with Crippen LogP contribution in [0.1, 0.15) is 29.9 Å². The van der Waals surface area contributed by atoms with Crippen LogP contribution >= 0.6 is 11.8 Å². The van der Waals surface area contributed by atoms with Crippen molar-refractivity contribution in [3.05, 3.63) is 71.8 Å². The van der Waals surface area contributed by atoms with Gasteiger partial charge in [-0.3, -0.25) is 4.79 Å². The Labute approximate surface area is 159 Å². The number of rotatable bonds is 8. The predicted octanol–water partition coefficient (Wildman–Crippen LogP) is 3.83. The zero-order valence-corrected chi connectivity index (χ0v) is 15.7. The van der Waals surface area contributed by atoms with Crippen molar-refractivity contribution in [1.82, 2.24) is 5.32 Å². The molecule has 1 aliphatic heterocycles. The summed E-state index contributed by atoms with van der Waals surface area (Å²) in [4.78, 5) is 17.8. The second-order valence-electron chi connectivity index (χ2n) is 6.27. The lowest BCUT2D eigenvalue weighted by atomic mass is 9.85. The summed E-state index contributed by atoms with van der Waals surface area (Å²) in [6, 6.07) is 20.5. The summed E-state index contributed by atoms with van der Waals surface area (Å²) in [5.74, 6) is 0.967. The van der Waals surface area contributed by atoms with Crippen LogP contribution in [0, 0.1) is 0 Å². The SMILES string of the molecule is CSCCCNC(=O)[C@@H]1CC(C(c2ccccc2)c2ccccc2)=NO1. The van der Waals surface area contributed by atoms with Crippen LogP contribution in [0.15, 0.2) is 65.8 Å². The van der Waals surface area contributed by atoms with Crippen molar-refractivity contribution < 1.29 is 9.63 Å². The monoisotopic (exact) mass is 368 g/mol. The van der Waals surface area contributed by atoms with E-state index in [0.717, 1.165) is 29.0 Å². The Bertz CT molecular complexity index is 695. The summed E-state index contributed by atoms with van der Waals surface area (Å²) < 4.78 is 0. The topological polar surface area (TPSA) is 50.7 Å². The minimum Gasteiger partial charge on any atom is -0.382 e. The van der Waals surface area contributed by atoms with Gasteiger partial charge in [0.25, 0.3) is 5.91 Å². The first-order valence-electron chi connectivity index (χ1n) is 8.88. The van der Waals surface area contributed by atoms with Gasteiger partial charge in [-0.2, -0.15) is 11.8 Å². The fourth-order valence-corrected chi connectivity index (χ4v) is 3.55. The average molecular weight is 369 g/mol. The van der Waals surface area contributed by atoms with Gasteiger partial charge in [-0.25, -0.2) is 0 Å². The zero-order chi connectivity index (χ0) is 18.2. The number of amides is 1. The molecule has 0 saturated carbocycles.